The Morgan fingerprint density at radius 2 is 1.85 bits per heavy atom. The van der Waals surface area contributed by atoms with Crippen molar-refractivity contribution in [2.24, 2.45) is 5.92 Å². The summed E-state index contributed by atoms with van der Waals surface area (Å²) in [5, 5.41) is 6.40. The van der Waals surface area contributed by atoms with Gasteiger partial charge in [-0.1, -0.05) is 19.1 Å². The minimum absolute atomic E-state index is 0.0622. The van der Waals surface area contributed by atoms with Crippen LogP contribution in [0, 0.1) is 12.8 Å². The highest BCUT2D eigenvalue weighted by Gasteiger charge is 2.34. The lowest BCUT2D eigenvalue weighted by atomic mass is 9.99. The summed E-state index contributed by atoms with van der Waals surface area (Å²) in [6.45, 7) is 5.38. The van der Waals surface area contributed by atoms with Crippen LogP contribution in [-0.4, -0.2) is 29.1 Å². The Balaban J connectivity index is 1.47. The van der Waals surface area contributed by atoms with Gasteiger partial charge in [-0.3, -0.25) is 4.98 Å². The van der Waals surface area contributed by atoms with E-state index in [-0.39, 0.29) is 12.4 Å². The van der Waals surface area contributed by atoms with Crippen molar-refractivity contribution in [3.8, 4) is 0 Å². The van der Waals surface area contributed by atoms with Crippen LogP contribution in [0.3, 0.4) is 0 Å². The average Bonchev–Trinajstić information content (AvgIpc) is 2.77. The summed E-state index contributed by atoms with van der Waals surface area (Å²) in [7, 11) is 0. The molecule has 2 aromatic heterocycles. The third-order valence-electron chi connectivity index (χ3n) is 5.86. The van der Waals surface area contributed by atoms with Crippen molar-refractivity contribution in [3.63, 3.8) is 0 Å². The number of fused-ring (bicyclic) bond motifs is 1. The van der Waals surface area contributed by atoms with Gasteiger partial charge in [-0.15, -0.1) is 0 Å². The normalized spacial score (nSPS) is 15.0. The summed E-state index contributed by atoms with van der Waals surface area (Å²) in [5.41, 5.74) is 1.96. The molecule has 2 N–H and O–H groups in total. The van der Waals surface area contributed by atoms with Gasteiger partial charge in [0.05, 0.1) is 5.52 Å². The fourth-order valence-corrected chi connectivity index (χ4v) is 3.92. The second kappa shape index (κ2) is 9.25. The molecule has 0 saturated carbocycles. The minimum Gasteiger partial charge on any atom is -0.356 e. The zero-order valence-corrected chi connectivity index (χ0v) is 18.5. The number of pyridine rings is 2. The molecule has 0 radical (unpaired) electrons. The van der Waals surface area contributed by atoms with Gasteiger partial charge in [0.2, 0.25) is 0 Å². The smallest absolute Gasteiger partial charge is 0.356 e. The molecular formula is C24H26F3N5O. The molecule has 174 valence electrons. The number of piperidine rings is 1. The van der Waals surface area contributed by atoms with Crippen LogP contribution in [-0.2, 0) is 12.7 Å². The third kappa shape index (κ3) is 5.53. The summed E-state index contributed by atoms with van der Waals surface area (Å²) in [4.78, 5) is 22.7. The first-order chi connectivity index (χ1) is 15.7. The first-order valence-electron chi connectivity index (χ1n) is 10.9. The Bertz CT molecular complexity index is 1160. The van der Waals surface area contributed by atoms with Crippen LogP contribution < -0.4 is 15.5 Å². The molecule has 6 nitrogen and oxygen atoms in total. The lowest BCUT2D eigenvalue weighted by Crippen LogP contribution is -2.35. The molecule has 0 spiro atoms. The zero-order chi connectivity index (χ0) is 23.6. The first kappa shape index (κ1) is 22.8. The molecule has 1 aliphatic rings. The number of hydrogen-bond donors (Lipinski definition) is 2. The van der Waals surface area contributed by atoms with Crippen LogP contribution in [0.25, 0.3) is 10.9 Å². The number of alkyl halides is 3. The predicted molar refractivity (Wildman–Crippen MR) is 122 cm³/mol. The van der Waals surface area contributed by atoms with E-state index >= 15 is 0 Å². The monoisotopic (exact) mass is 457 g/mol. The van der Waals surface area contributed by atoms with Gasteiger partial charge in [-0.05, 0) is 56.0 Å². The van der Waals surface area contributed by atoms with Crippen LogP contribution in [0.1, 0.15) is 36.7 Å². The molecule has 1 aliphatic heterocycles. The third-order valence-corrected chi connectivity index (χ3v) is 5.86. The fraction of sp³-hybridized carbons (Fsp3) is 0.375. The maximum Gasteiger partial charge on any atom is 0.433 e. The maximum absolute atomic E-state index is 13.3. The molecule has 1 aromatic carbocycles. The number of hydrogen-bond acceptors (Lipinski definition) is 4. The summed E-state index contributed by atoms with van der Waals surface area (Å²) < 4.78 is 39.8. The number of amides is 2. The zero-order valence-electron chi connectivity index (χ0n) is 18.5. The van der Waals surface area contributed by atoms with Crippen molar-refractivity contribution in [2.45, 2.75) is 39.4 Å². The summed E-state index contributed by atoms with van der Waals surface area (Å²) in [6, 6.07) is 11.1. The summed E-state index contributed by atoms with van der Waals surface area (Å²) in [6.07, 6.45) is -2.74. The first-order valence-corrected chi connectivity index (χ1v) is 10.9. The summed E-state index contributed by atoms with van der Waals surface area (Å²) >= 11 is 0. The number of aryl methyl sites for hydroxylation is 1. The van der Waals surface area contributed by atoms with Gasteiger partial charge in [-0.2, -0.15) is 13.2 Å². The van der Waals surface area contributed by atoms with E-state index in [4.69, 9.17) is 0 Å². The second-order valence-corrected chi connectivity index (χ2v) is 8.51. The number of urea groups is 1. The number of rotatable bonds is 4. The SMILES string of the molecule is Cc1ccc2cc(NC(=O)NCc3ccc(C(F)(F)F)nc3N3CCC(C)CC3)ccc2n1. The van der Waals surface area contributed by atoms with Gasteiger partial charge >= 0.3 is 12.2 Å². The molecule has 0 atom stereocenters. The molecule has 9 heteroatoms. The fourth-order valence-electron chi connectivity index (χ4n) is 3.92. The predicted octanol–water partition coefficient (Wildman–Crippen LogP) is 5.52. The van der Waals surface area contributed by atoms with Crippen molar-refractivity contribution in [1.82, 2.24) is 15.3 Å². The van der Waals surface area contributed by atoms with Crippen LogP contribution in [0.2, 0.25) is 0 Å². The molecular weight excluding hydrogens is 431 g/mol. The number of anilines is 2. The largest absolute Gasteiger partial charge is 0.433 e. The topological polar surface area (TPSA) is 70.2 Å². The maximum atomic E-state index is 13.3. The van der Waals surface area contributed by atoms with Crippen molar-refractivity contribution in [1.29, 1.82) is 0 Å². The van der Waals surface area contributed by atoms with Crippen LogP contribution in [0.15, 0.2) is 42.5 Å². The number of nitrogens with zero attached hydrogens (tertiary/aromatic N) is 3. The second-order valence-electron chi connectivity index (χ2n) is 8.51. The van der Waals surface area contributed by atoms with E-state index in [1.807, 2.05) is 36.1 Å². The summed E-state index contributed by atoms with van der Waals surface area (Å²) in [5.74, 6) is 0.810. The quantitative estimate of drug-likeness (QED) is 0.542. The molecule has 0 unspecified atom stereocenters. The number of halogens is 3. The van der Waals surface area contributed by atoms with Gasteiger partial charge in [0.15, 0.2) is 0 Å². The van der Waals surface area contributed by atoms with Gasteiger partial charge < -0.3 is 15.5 Å². The van der Waals surface area contributed by atoms with Crippen LogP contribution in [0.5, 0.6) is 0 Å². The van der Waals surface area contributed by atoms with E-state index in [9.17, 15) is 18.0 Å². The highest BCUT2D eigenvalue weighted by Crippen LogP contribution is 2.32. The highest BCUT2D eigenvalue weighted by molar-refractivity contribution is 5.92. The molecule has 1 fully saturated rings. The molecule has 1 saturated heterocycles. The lowest BCUT2D eigenvalue weighted by Gasteiger charge is -2.33. The molecule has 4 rings (SSSR count). The van der Waals surface area contributed by atoms with Gasteiger partial charge in [0.25, 0.3) is 0 Å². The molecule has 0 aliphatic carbocycles. The van der Waals surface area contributed by atoms with E-state index in [1.165, 1.54) is 6.07 Å². The number of nitrogens with one attached hydrogen (secondary N) is 2. The molecule has 2 amide bonds. The highest BCUT2D eigenvalue weighted by atomic mass is 19.4. The molecule has 3 heterocycles. The Kier molecular flexibility index (Phi) is 6.40. The molecule has 0 bridgehead atoms. The van der Waals surface area contributed by atoms with Gasteiger partial charge in [0, 0.05) is 42.0 Å². The number of aromatic nitrogens is 2. The Hall–Kier alpha value is -3.36. The minimum atomic E-state index is -4.52. The van der Waals surface area contributed by atoms with E-state index < -0.39 is 17.9 Å². The number of carbonyl (C=O) groups is 1. The van der Waals surface area contributed by atoms with Crippen LogP contribution >= 0.6 is 0 Å². The Morgan fingerprint density at radius 1 is 1.09 bits per heavy atom. The van der Waals surface area contributed by atoms with Crippen molar-refractivity contribution < 1.29 is 18.0 Å². The van der Waals surface area contributed by atoms with Crippen LogP contribution in [0.4, 0.5) is 29.5 Å². The van der Waals surface area contributed by atoms with E-state index in [0.29, 0.717) is 30.3 Å². The van der Waals surface area contributed by atoms with E-state index in [1.54, 1.807) is 6.07 Å². The number of benzene rings is 1. The van der Waals surface area contributed by atoms with Gasteiger partial charge in [0.1, 0.15) is 11.5 Å². The number of carbonyl (C=O) groups excluding carboxylic acids is 1. The van der Waals surface area contributed by atoms with E-state index in [2.05, 4.69) is 27.5 Å². The average molecular weight is 458 g/mol. The Labute approximate surface area is 190 Å². The Morgan fingerprint density at radius 3 is 2.58 bits per heavy atom. The van der Waals surface area contributed by atoms with E-state index in [0.717, 1.165) is 35.5 Å². The van der Waals surface area contributed by atoms with Gasteiger partial charge in [-0.25, -0.2) is 9.78 Å². The van der Waals surface area contributed by atoms with Crippen molar-refractivity contribution in [3.05, 3.63) is 59.4 Å². The van der Waals surface area contributed by atoms with Crippen molar-refractivity contribution >= 4 is 28.4 Å². The molecule has 3 aromatic rings. The van der Waals surface area contributed by atoms with Crippen molar-refractivity contribution in [2.75, 3.05) is 23.3 Å². The lowest BCUT2D eigenvalue weighted by molar-refractivity contribution is -0.141. The standard InChI is InChI=1S/C24H26F3N5O/c1-15-9-11-32(12-10-15)22-18(5-8-21(31-22)24(25,26)27)14-28-23(33)30-19-6-7-20-17(13-19)4-3-16(2)29-20/h3-8,13,15H,9-12,14H2,1-2H3,(H2,28,30,33). The molecule has 33 heavy (non-hydrogen) atoms.